The fraction of sp³-hybridized carbons (Fsp3) is 0.231. The van der Waals surface area contributed by atoms with E-state index in [1.165, 1.54) is 38.3 Å². The number of hydrazone groups is 1. The molecular formula is C26H25BrFN3O3. The van der Waals surface area contributed by atoms with E-state index in [4.69, 9.17) is 9.47 Å². The van der Waals surface area contributed by atoms with Crippen molar-refractivity contribution in [2.45, 2.75) is 19.4 Å². The van der Waals surface area contributed by atoms with E-state index in [2.05, 4.69) is 31.4 Å². The normalized spacial score (nSPS) is 13.3. The van der Waals surface area contributed by atoms with E-state index < -0.39 is 0 Å². The highest BCUT2D eigenvalue weighted by molar-refractivity contribution is 9.10. The van der Waals surface area contributed by atoms with E-state index in [1.54, 1.807) is 24.3 Å². The van der Waals surface area contributed by atoms with E-state index >= 15 is 0 Å². The number of benzene rings is 3. The van der Waals surface area contributed by atoms with Gasteiger partial charge in [-0.25, -0.2) is 9.82 Å². The molecule has 0 atom stereocenters. The second kappa shape index (κ2) is 11.2. The molecule has 0 bridgehead atoms. The third-order valence-electron chi connectivity index (χ3n) is 5.50. The summed E-state index contributed by atoms with van der Waals surface area (Å²) in [6.45, 7) is 2.31. The van der Waals surface area contributed by atoms with Gasteiger partial charge in [0.1, 0.15) is 12.4 Å². The molecule has 0 unspecified atom stereocenters. The predicted molar refractivity (Wildman–Crippen MR) is 134 cm³/mol. The molecule has 6 nitrogen and oxygen atoms in total. The Balaban J connectivity index is 1.38. The number of carbonyl (C=O) groups is 1. The first-order valence-electron chi connectivity index (χ1n) is 11.0. The number of carbonyl (C=O) groups excluding carboxylic acids is 1. The smallest absolute Gasteiger partial charge is 0.271 e. The summed E-state index contributed by atoms with van der Waals surface area (Å²) in [7, 11) is 1.53. The molecule has 34 heavy (non-hydrogen) atoms. The zero-order valence-electron chi connectivity index (χ0n) is 18.8. The Kier molecular flexibility index (Phi) is 7.80. The number of amides is 1. The Morgan fingerprint density at radius 2 is 1.91 bits per heavy atom. The first kappa shape index (κ1) is 23.8. The van der Waals surface area contributed by atoms with Crippen LogP contribution in [0.15, 0.2) is 70.2 Å². The summed E-state index contributed by atoms with van der Waals surface area (Å²) in [6, 6.07) is 17.3. The van der Waals surface area contributed by atoms with Gasteiger partial charge in [0.05, 0.1) is 17.8 Å². The first-order chi connectivity index (χ1) is 16.5. The maximum atomic E-state index is 13.4. The fourth-order valence-corrected chi connectivity index (χ4v) is 4.34. The Morgan fingerprint density at radius 1 is 1.15 bits per heavy atom. The first-order valence-corrected chi connectivity index (χ1v) is 11.8. The summed E-state index contributed by atoms with van der Waals surface area (Å²) < 4.78 is 25.3. The highest BCUT2D eigenvalue weighted by Crippen LogP contribution is 2.37. The summed E-state index contributed by atoms with van der Waals surface area (Å²) in [4.78, 5) is 14.8. The molecule has 0 radical (unpaired) electrons. The van der Waals surface area contributed by atoms with Crippen LogP contribution >= 0.6 is 15.9 Å². The van der Waals surface area contributed by atoms with Crippen LogP contribution in [0.2, 0.25) is 0 Å². The quantitative estimate of drug-likeness (QED) is 0.309. The number of ether oxygens (including phenoxy) is 2. The van der Waals surface area contributed by atoms with Gasteiger partial charge in [0.2, 0.25) is 0 Å². The molecule has 176 valence electrons. The molecule has 1 saturated heterocycles. The number of hydrogen-bond acceptors (Lipinski definition) is 5. The third-order valence-corrected chi connectivity index (χ3v) is 6.09. The van der Waals surface area contributed by atoms with Crippen molar-refractivity contribution in [1.29, 1.82) is 0 Å². The van der Waals surface area contributed by atoms with E-state index in [-0.39, 0.29) is 18.3 Å². The number of nitrogens with one attached hydrogen (secondary N) is 1. The van der Waals surface area contributed by atoms with Crippen LogP contribution < -0.4 is 19.8 Å². The van der Waals surface area contributed by atoms with Crippen LogP contribution in [0.4, 0.5) is 10.1 Å². The average molecular weight is 526 g/mol. The Bertz CT molecular complexity index is 1180. The number of anilines is 1. The van der Waals surface area contributed by atoms with Crippen molar-refractivity contribution in [2.75, 3.05) is 25.1 Å². The minimum absolute atomic E-state index is 0.187. The molecule has 0 spiro atoms. The second-order valence-corrected chi connectivity index (χ2v) is 8.75. The molecule has 4 rings (SSSR count). The molecule has 8 heteroatoms. The predicted octanol–water partition coefficient (Wildman–Crippen LogP) is 5.54. The van der Waals surface area contributed by atoms with E-state index in [1.807, 2.05) is 24.3 Å². The lowest BCUT2D eigenvalue weighted by Crippen LogP contribution is -2.19. The van der Waals surface area contributed by atoms with Gasteiger partial charge in [0.15, 0.2) is 11.5 Å². The minimum atomic E-state index is -0.316. The van der Waals surface area contributed by atoms with Crippen LogP contribution in [0.5, 0.6) is 11.5 Å². The fourth-order valence-electron chi connectivity index (χ4n) is 3.77. The van der Waals surface area contributed by atoms with Gasteiger partial charge in [0, 0.05) is 24.3 Å². The zero-order chi connectivity index (χ0) is 23.9. The van der Waals surface area contributed by atoms with Crippen molar-refractivity contribution in [3.8, 4) is 11.5 Å². The largest absolute Gasteiger partial charge is 0.493 e. The molecule has 0 saturated carbocycles. The lowest BCUT2D eigenvalue weighted by molar-refractivity contribution is 0.0955. The van der Waals surface area contributed by atoms with Crippen molar-refractivity contribution < 1.29 is 18.7 Å². The lowest BCUT2D eigenvalue weighted by atomic mass is 10.2. The average Bonchev–Trinajstić information content (AvgIpc) is 3.38. The minimum Gasteiger partial charge on any atom is -0.493 e. The monoisotopic (exact) mass is 525 g/mol. The van der Waals surface area contributed by atoms with E-state index in [0.29, 0.717) is 32.7 Å². The SMILES string of the molecule is COc1cc(/C=N\NC(=O)c2ccc(N3CCCC3)cc2)cc(Br)c1OCc1cccc(F)c1. The summed E-state index contributed by atoms with van der Waals surface area (Å²) in [6.07, 6.45) is 3.94. The van der Waals surface area contributed by atoms with Gasteiger partial charge in [0.25, 0.3) is 5.91 Å². The van der Waals surface area contributed by atoms with Crippen LogP contribution in [0, 0.1) is 5.82 Å². The van der Waals surface area contributed by atoms with Gasteiger partial charge in [-0.05, 0) is 88.4 Å². The van der Waals surface area contributed by atoms with Gasteiger partial charge >= 0.3 is 0 Å². The van der Waals surface area contributed by atoms with Crippen LogP contribution in [-0.4, -0.2) is 32.3 Å². The van der Waals surface area contributed by atoms with Gasteiger partial charge in [-0.1, -0.05) is 12.1 Å². The molecule has 1 N–H and O–H groups in total. The van der Waals surface area contributed by atoms with Gasteiger partial charge < -0.3 is 14.4 Å². The molecule has 1 aliphatic heterocycles. The van der Waals surface area contributed by atoms with Gasteiger partial charge in [-0.2, -0.15) is 5.10 Å². The highest BCUT2D eigenvalue weighted by Gasteiger charge is 2.14. The second-order valence-electron chi connectivity index (χ2n) is 7.89. The number of nitrogens with zero attached hydrogens (tertiary/aromatic N) is 2. The zero-order valence-corrected chi connectivity index (χ0v) is 20.3. The third kappa shape index (κ3) is 5.94. The Hall–Kier alpha value is -3.39. The molecule has 3 aromatic rings. The molecule has 1 fully saturated rings. The van der Waals surface area contributed by atoms with E-state index in [9.17, 15) is 9.18 Å². The molecular weight excluding hydrogens is 501 g/mol. The van der Waals surface area contributed by atoms with E-state index in [0.717, 1.165) is 18.8 Å². The van der Waals surface area contributed by atoms with Gasteiger partial charge in [-0.15, -0.1) is 0 Å². The maximum Gasteiger partial charge on any atom is 0.271 e. The molecule has 1 amide bonds. The number of methoxy groups -OCH3 is 1. The van der Waals surface area contributed by atoms with Crippen LogP contribution in [-0.2, 0) is 6.61 Å². The van der Waals surface area contributed by atoms with Crippen molar-refractivity contribution in [3.63, 3.8) is 0 Å². The lowest BCUT2D eigenvalue weighted by Gasteiger charge is -2.17. The van der Waals surface area contributed by atoms with Crippen molar-refractivity contribution in [1.82, 2.24) is 5.43 Å². The summed E-state index contributed by atoms with van der Waals surface area (Å²) in [5, 5.41) is 4.07. The molecule has 0 aliphatic carbocycles. The molecule has 1 aliphatic rings. The topological polar surface area (TPSA) is 63.2 Å². The van der Waals surface area contributed by atoms with Crippen molar-refractivity contribution in [3.05, 3.63) is 87.6 Å². The van der Waals surface area contributed by atoms with Gasteiger partial charge in [-0.3, -0.25) is 4.79 Å². The highest BCUT2D eigenvalue weighted by atomic mass is 79.9. The molecule has 0 aromatic heterocycles. The standard InChI is InChI=1S/C26H25BrFN3O3/c1-33-24-15-19(14-23(27)25(24)34-17-18-5-4-6-21(28)13-18)16-29-30-26(32)20-7-9-22(10-8-20)31-11-2-3-12-31/h4-10,13-16H,2-3,11-12,17H2,1H3,(H,30,32)/b29-16-. The summed E-state index contributed by atoms with van der Waals surface area (Å²) >= 11 is 3.49. The van der Waals surface area contributed by atoms with Crippen molar-refractivity contribution >= 4 is 33.7 Å². The number of halogens is 2. The van der Waals surface area contributed by atoms with Crippen molar-refractivity contribution in [2.24, 2.45) is 5.10 Å². The Morgan fingerprint density at radius 3 is 2.62 bits per heavy atom. The number of hydrogen-bond donors (Lipinski definition) is 1. The molecule has 3 aromatic carbocycles. The molecule has 1 heterocycles. The number of rotatable bonds is 8. The summed E-state index contributed by atoms with van der Waals surface area (Å²) in [5.41, 5.74) is 5.63. The van der Waals surface area contributed by atoms with Crippen LogP contribution in [0.1, 0.15) is 34.3 Å². The van der Waals surface area contributed by atoms with Crippen LogP contribution in [0.3, 0.4) is 0 Å². The Labute approximate surface area is 206 Å². The van der Waals surface area contributed by atoms with Crippen LogP contribution in [0.25, 0.3) is 0 Å². The summed E-state index contributed by atoms with van der Waals surface area (Å²) in [5.74, 6) is 0.371. The maximum absolute atomic E-state index is 13.4.